The largest absolute Gasteiger partial charge is 0.494 e. The van der Waals surface area contributed by atoms with Crippen LogP contribution in [0.5, 0.6) is 5.75 Å². The van der Waals surface area contributed by atoms with E-state index in [1.54, 1.807) is 13.4 Å². The normalized spacial score (nSPS) is 16.8. The Bertz CT molecular complexity index is 1620. The van der Waals surface area contributed by atoms with Gasteiger partial charge < -0.3 is 29.7 Å². The minimum absolute atomic E-state index is 0.259. The number of hydrogen-bond acceptors (Lipinski definition) is 8. The Morgan fingerprint density at radius 2 is 1.77 bits per heavy atom. The fourth-order valence-corrected chi connectivity index (χ4v) is 6.30. The number of benzene rings is 2. The molecule has 10 nitrogen and oxygen atoms in total. The molecule has 4 heterocycles. The molecule has 6 rings (SSSR count). The molecule has 43 heavy (non-hydrogen) atoms. The Morgan fingerprint density at radius 3 is 2.51 bits per heavy atom. The number of methoxy groups -OCH3 is 1. The first-order chi connectivity index (χ1) is 20.9. The number of carbonyl (C=O) groups excluding carboxylic acids is 1. The van der Waals surface area contributed by atoms with Gasteiger partial charge in [0.1, 0.15) is 17.9 Å². The Kier molecular flexibility index (Phi) is 8.31. The van der Waals surface area contributed by atoms with Gasteiger partial charge in [-0.2, -0.15) is 0 Å². The predicted molar refractivity (Wildman–Crippen MR) is 173 cm³/mol. The fourth-order valence-electron chi connectivity index (χ4n) is 6.30. The van der Waals surface area contributed by atoms with Gasteiger partial charge in [0.05, 0.1) is 29.9 Å². The topological polar surface area (TPSA) is 90.8 Å². The van der Waals surface area contributed by atoms with E-state index < -0.39 is 0 Å². The summed E-state index contributed by atoms with van der Waals surface area (Å²) in [6.07, 6.45) is 7.10. The number of nitrogens with zero attached hydrogens (tertiary/aromatic N) is 6. The van der Waals surface area contributed by atoms with Crippen LogP contribution >= 0.6 is 0 Å². The Labute approximate surface area is 253 Å². The number of aromatic nitrogens is 3. The molecule has 0 aliphatic carbocycles. The van der Waals surface area contributed by atoms with E-state index in [1.807, 2.05) is 37.4 Å². The summed E-state index contributed by atoms with van der Waals surface area (Å²) in [5.41, 5.74) is 5.32. The molecule has 2 N–H and O–H groups in total. The molecule has 0 bridgehead atoms. The molecule has 2 aliphatic rings. The van der Waals surface area contributed by atoms with Crippen molar-refractivity contribution in [3.63, 3.8) is 0 Å². The van der Waals surface area contributed by atoms with Crippen molar-refractivity contribution in [3.8, 4) is 17.0 Å². The number of aryl methyl sites for hydroxylation is 1. The summed E-state index contributed by atoms with van der Waals surface area (Å²) >= 11 is 0. The van der Waals surface area contributed by atoms with Crippen LogP contribution in [0.25, 0.3) is 22.2 Å². The Balaban J connectivity index is 1.26. The number of fused-ring (bicyclic) bond motifs is 1. The number of piperazine rings is 1. The molecule has 4 aromatic rings. The van der Waals surface area contributed by atoms with Gasteiger partial charge in [-0.1, -0.05) is 24.8 Å². The third kappa shape index (κ3) is 6.07. The number of piperidine rings is 1. The highest BCUT2D eigenvalue weighted by atomic mass is 16.5. The van der Waals surface area contributed by atoms with Crippen LogP contribution in [-0.2, 0) is 11.8 Å². The molecule has 2 aromatic carbocycles. The maximum Gasteiger partial charge on any atom is 0.247 e. The van der Waals surface area contributed by atoms with E-state index in [1.165, 1.54) is 6.08 Å². The Hall–Kier alpha value is -4.41. The second-order valence-corrected chi connectivity index (χ2v) is 11.4. The van der Waals surface area contributed by atoms with Crippen molar-refractivity contribution in [1.29, 1.82) is 0 Å². The second kappa shape index (κ2) is 12.4. The van der Waals surface area contributed by atoms with Gasteiger partial charge >= 0.3 is 0 Å². The van der Waals surface area contributed by atoms with Crippen LogP contribution < -0.4 is 20.3 Å². The SMILES string of the molecule is C=CC(=O)Nc1cc(Nc2cc(-c3cn(C)c4ccccc34)ncn2)c(OC)cc1N1CCC(N2CCN(C)CC2)CC1. The van der Waals surface area contributed by atoms with Gasteiger partial charge in [0.15, 0.2) is 0 Å². The van der Waals surface area contributed by atoms with Gasteiger partial charge in [-0.25, -0.2) is 9.97 Å². The van der Waals surface area contributed by atoms with E-state index in [-0.39, 0.29) is 5.91 Å². The van der Waals surface area contributed by atoms with Gasteiger partial charge in [-0.15, -0.1) is 0 Å². The smallest absolute Gasteiger partial charge is 0.247 e. The summed E-state index contributed by atoms with van der Waals surface area (Å²) in [5.74, 6) is 1.03. The van der Waals surface area contributed by atoms with Crippen molar-refractivity contribution in [2.24, 2.45) is 7.05 Å². The lowest BCUT2D eigenvalue weighted by atomic mass is 10.0. The average Bonchev–Trinajstić information content (AvgIpc) is 3.38. The number of anilines is 4. The summed E-state index contributed by atoms with van der Waals surface area (Å²) < 4.78 is 7.96. The van der Waals surface area contributed by atoms with Crippen molar-refractivity contribution in [2.75, 3.05) is 69.0 Å². The molecule has 2 fully saturated rings. The number of likely N-dealkylation sites (N-methyl/N-ethyl adjacent to an activating group) is 1. The number of hydrogen-bond donors (Lipinski definition) is 2. The van der Waals surface area contributed by atoms with Crippen molar-refractivity contribution in [2.45, 2.75) is 18.9 Å². The number of carbonyl (C=O) groups is 1. The molecule has 0 atom stereocenters. The van der Waals surface area contributed by atoms with Crippen LogP contribution in [0.2, 0.25) is 0 Å². The standard InChI is InChI=1S/C33H40N8O2/c1-5-33(42)37-27-18-28(36-32-19-26(34-22-35-32)25-21-39(3)29-9-7-6-8-24(25)29)31(43-4)20-30(27)41-12-10-23(11-13-41)40-16-14-38(2)15-17-40/h5-9,18-23H,1,10-17H2,2-4H3,(H,37,42)(H,34,35,36). The first-order valence-corrected chi connectivity index (χ1v) is 14.9. The van der Waals surface area contributed by atoms with Crippen molar-refractivity contribution in [3.05, 3.63) is 67.6 Å². The number of nitrogens with one attached hydrogen (secondary N) is 2. The highest BCUT2D eigenvalue weighted by molar-refractivity contribution is 6.02. The quantitative estimate of drug-likeness (QED) is 0.289. The Morgan fingerprint density at radius 1 is 1.00 bits per heavy atom. The van der Waals surface area contributed by atoms with Gasteiger partial charge in [0, 0.05) is 87.2 Å². The highest BCUT2D eigenvalue weighted by Crippen LogP contribution is 2.40. The van der Waals surface area contributed by atoms with Gasteiger partial charge in [0.25, 0.3) is 0 Å². The maximum absolute atomic E-state index is 12.5. The summed E-state index contributed by atoms with van der Waals surface area (Å²) in [5, 5.41) is 7.57. The lowest BCUT2D eigenvalue weighted by Gasteiger charge is -2.43. The van der Waals surface area contributed by atoms with Crippen LogP contribution in [-0.4, -0.2) is 89.7 Å². The predicted octanol–water partition coefficient (Wildman–Crippen LogP) is 4.73. The summed E-state index contributed by atoms with van der Waals surface area (Å²) in [6.45, 7) is 9.97. The summed E-state index contributed by atoms with van der Waals surface area (Å²) in [6, 6.07) is 14.7. The zero-order valence-corrected chi connectivity index (χ0v) is 25.2. The van der Waals surface area contributed by atoms with E-state index >= 15 is 0 Å². The zero-order valence-electron chi connectivity index (χ0n) is 25.2. The van der Waals surface area contributed by atoms with Crippen LogP contribution in [0.1, 0.15) is 12.8 Å². The molecule has 10 heteroatoms. The molecule has 0 unspecified atom stereocenters. The van der Waals surface area contributed by atoms with Crippen LogP contribution in [0, 0.1) is 0 Å². The summed E-state index contributed by atoms with van der Waals surface area (Å²) in [7, 11) is 5.89. The molecule has 2 aliphatic heterocycles. The fraction of sp³-hybridized carbons (Fsp3) is 0.364. The first kappa shape index (κ1) is 28.7. The van der Waals surface area contributed by atoms with Crippen LogP contribution in [0.4, 0.5) is 22.9 Å². The third-order valence-corrected chi connectivity index (χ3v) is 8.72. The maximum atomic E-state index is 12.5. The van der Waals surface area contributed by atoms with E-state index in [0.717, 1.165) is 80.0 Å². The minimum Gasteiger partial charge on any atom is -0.494 e. The molecule has 2 saturated heterocycles. The molecule has 0 saturated carbocycles. The number of rotatable bonds is 8. The molecular weight excluding hydrogens is 540 g/mol. The molecular formula is C33H40N8O2. The third-order valence-electron chi connectivity index (χ3n) is 8.72. The van der Waals surface area contributed by atoms with Crippen molar-refractivity contribution < 1.29 is 9.53 Å². The lowest BCUT2D eigenvalue weighted by Crippen LogP contribution is -2.52. The van der Waals surface area contributed by atoms with Gasteiger partial charge in [-0.05, 0) is 38.1 Å². The van der Waals surface area contributed by atoms with Crippen LogP contribution in [0.15, 0.2) is 67.6 Å². The van der Waals surface area contributed by atoms with E-state index in [0.29, 0.717) is 29.0 Å². The molecule has 224 valence electrons. The van der Waals surface area contributed by atoms with E-state index in [9.17, 15) is 4.79 Å². The van der Waals surface area contributed by atoms with E-state index in [4.69, 9.17) is 4.74 Å². The highest BCUT2D eigenvalue weighted by Gasteiger charge is 2.28. The number of ether oxygens (including phenoxy) is 1. The number of para-hydroxylation sites is 1. The molecule has 1 amide bonds. The molecule has 2 aromatic heterocycles. The zero-order chi connectivity index (χ0) is 29.9. The lowest BCUT2D eigenvalue weighted by molar-refractivity contribution is -0.111. The minimum atomic E-state index is -0.259. The van der Waals surface area contributed by atoms with Gasteiger partial charge in [0.2, 0.25) is 5.91 Å². The van der Waals surface area contributed by atoms with Crippen LogP contribution in [0.3, 0.4) is 0 Å². The number of amides is 1. The van der Waals surface area contributed by atoms with Crippen molar-refractivity contribution in [1.82, 2.24) is 24.3 Å². The summed E-state index contributed by atoms with van der Waals surface area (Å²) in [4.78, 5) is 28.9. The second-order valence-electron chi connectivity index (χ2n) is 11.4. The monoisotopic (exact) mass is 580 g/mol. The molecule has 0 radical (unpaired) electrons. The average molecular weight is 581 g/mol. The molecule has 0 spiro atoms. The first-order valence-electron chi connectivity index (χ1n) is 14.9. The van der Waals surface area contributed by atoms with Gasteiger partial charge in [-0.3, -0.25) is 9.69 Å². The van der Waals surface area contributed by atoms with E-state index in [2.05, 4.69) is 71.8 Å². The van der Waals surface area contributed by atoms with Crippen molar-refractivity contribution >= 4 is 39.7 Å².